The number of para-hydroxylation sites is 1. The van der Waals surface area contributed by atoms with Gasteiger partial charge in [-0.2, -0.15) is 0 Å². The molecule has 3 fully saturated rings. The Morgan fingerprint density at radius 2 is 1.82 bits per heavy atom. The van der Waals surface area contributed by atoms with Crippen LogP contribution in [0.4, 0.5) is 0 Å². The lowest BCUT2D eigenvalue weighted by Crippen LogP contribution is -2.53. The van der Waals surface area contributed by atoms with Crippen LogP contribution >= 0.6 is 0 Å². The molecule has 0 bridgehead atoms. The first-order valence-corrected chi connectivity index (χ1v) is 11.0. The van der Waals surface area contributed by atoms with Crippen molar-refractivity contribution in [1.29, 1.82) is 0 Å². The van der Waals surface area contributed by atoms with Gasteiger partial charge in [0, 0.05) is 11.8 Å². The van der Waals surface area contributed by atoms with Crippen LogP contribution in [0, 0.1) is 28.6 Å². The Hall–Kier alpha value is -1.90. The van der Waals surface area contributed by atoms with E-state index < -0.39 is 0 Å². The molecule has 1 aromatic carbocycles. The zero-order valence-corrected chi connectivity index (χ0v) is 16.7. The Morgan fingerprint density at radius 1 is 1.00 bits per heavy atom. The Kier molecular flexibility index (Phi) is 4.26. The maximum absolute atomic E-state index is 12.4. The molecule has 0 N–H and O–H groups in total. The fraction of sp³-hybridized carbons (Fsp3) is 0.600. The summed E-state index contributed by atoms with van der Waals surface area (Å²) >= 11 is 0. The molecule has 148 valence electrons. The minimum Gasteiger partial charge on any atom is -0.490 e. The summed E-state index contributed by atoms with van der Waals surface area (Å²) in [4.78, 5) is 24.4. The molecule has 0 aromatic heterocycles. The van der Waals surface area contributed by atoms with Gasteiger partial charge in [-0.3, -0.25) is 4.79 Å². The first kappa shape index (κ1) is 18.1. The van der Waals surface area contributed by atoms with E-state index in [1.807, 2.05) is 24.3 Å². The van der Waals surface area contributed by atoms with Crippen LogP contribution in [0.3, 0.4) is 0 Å². The second-order valence-electron chi connectivity index (χ2n) is 9.75. The fourth-order valence-corrected chi connectivity index (χ4v) is 7.30. The number of carbonyl (C=O) groups excluding carboxylic acids is 2. The maximum atomic E-state index is 12.4. The number of ketones is 1. The Labute approximate surface area is 167 Å². The van der Waals surface area contributed by atoms with E-state index in [4.69, 9.17) is 4.74 Å². The summed E-state index contributed by atoms with van der Waals surface area (Å²) in [6, 6.07) is 10.2. The Morgan fingerprint density at radius 3 is 2.61 bits per heavy atom. The van der Waals surface area contributed by atoms with Gasteiger partial charge in [-0.25, -0.2) is 0 Å². The third-order valence-electron chi connectivity index (χ3n) is 8.71. The number of hydrogen-bond acceptors (Lipinski definition) is 3. The van der Waals surface area contributed by atoms with Crippen LogP contribution in [0.2, 0.25) is 0 Å². The largest absolute Gasteiger partial charge is 0.490 e. The van der Waals surface area contributed by atoms with Crippen LogP contribution < -0.4 is 4.74 Å². The van der Waals surface area contributed by atoms with Gasteiger partial charge in [-0.1, -0.05) is 30.7 Å². The van der Waals surface area contributed by atoms with Crippen molar-refractivity contribution in [1.82, 2.24) is 0 Å². The SMILES string of the molecule is C[C@]12CC[C@H]3[C@@H](CCC4=CC(=O)CC[C@@]43C=O)[C@@H]1CCC2Oc1ccccc1. The van der Waals surface area contributed by atoms with Crippen molar-refractivity contribution in [2.24, 2.45) is 28.6 Å². The highest BCUT2D eigenvalue weighted by Crippen LogP contribution is 2.65. The fourth-order valence-electron chi connectivity index (χ4n) is 7.30. The van der Waals surface area contributed by atoms with E-state index in [9.17, 15) is 9.59 Å². The van der Waals surface area contributed by atoms with E-state index in [-0.39, 0.29) is 22.7 Å². The van der Waals surface area contributed by atoms with Gasteiger partial charge in [0.2, 0.25) is 0 Å². The van der Waals surface area contributed by atoms with Gasteiger partial charge in [0.15, 0.2) is 5.78 Å². The lowest BCUT2D eigenvalue weighted by molar-refractivity contribution is -0.129. The molecule has 3 nitrogen and oxygen atoms in total. The Balaban J connectivity index is 1.43. The molecule has 0 aliphatic heterocycles. The van der Waals surface area contributed by atoms with Crippen molar-refractivity contribution < 1.29 is 14.3 Å². The molecule has 1 aromatic rings. The van der Waals surface area contributed by atoms with Gasteiger partial charge in [-0.05, 0) is 80.9 Å². The number of aldehydes is 1. The predicted molar refractivity (Wildman–Crippen MR) is 108 cm³/mol. The molecular formula is C25H30O3. The van der Waals surface area contributed by atoms with Gasteiger partial charge < -0.3 is 9.53 Å². The average molecular weight is 379 g/mol. The standard InChI is InChI=1S/C25H30O3/c1-24-13-12-22-20(8-7-17-15-18(27)11-14-25(17,22)16-26)21(24)9-10-23(24)28-19-5-3-2-4-6-19/h2-6,15-16,20-23H,7-14H2,1H3/t20-,21-,22-,23?,24-,25+/m0/s1. The van der Waals surface area contributed by atoms with E-state index in [0.717, 1.165) is 49.8 Å². The summed E-state index contributed by atoms with van der Waals surface area (Å²) in [6.07, 6.45) is 11.1. The van der Waals surface area contributed by atoms with Crippen molar-refractivity contribution in [2.45, 2.75) is 64.4 Å². The van der Waals surface area contributed by atoms with Crippen LogP contribution in [0.1, 0.15) is 58.3 Å². The molecule has 3 saturated carbocycles. The normalized spacial score (nSPS) is 42.0. The van der Waals surface area contributed by atoms with Crippen molar-refractivity contribution in [3.05, 3.63) is 42.0 Å². The van der Waals surface area contributed by atoms with E-state index >= 15 is 0 Å². The number of fused-ring (bicyclic) bond motifs is 5. The summed E-state index contributed by atoms with van der Waals surface area (Å²) in [5.74, 6) is 2.80. The molecule has 4 aliphatic rings. The van der Waals surface area contributed by atoms with E-state index in [1.54, 1.807) is 0 Å². The number of carbonyl (C=O) groups is 2. The molecule has 1 unspecified atom stereocenters. The van der Waals surface area contributed by atoms with Gasteiger partial charge in [-0.15, -0.1) is 0 Å². The molecule has 28 heavy (non-hydrogen) atoms. The second-order valence-corrected chi connectivity index (χ2v) is 9.75. The van der Waals surface area contributed by atoms with E-state index in [2.05, 4.69) is 19.1 Å². The lowest BCUT2D eigenvalue weighted by atomic mass is 9.47. The monoisotopic (exact) mass is 378 g/mol. The highest BCUT2D eigenvalue weighted by Gasteiger charge is 2.61. The van der Waals surface area contributed by atoms with Crippen LogP contribution in [-0.2, 0) is 9.59 Å². The summed E-state index contributed by atoms with van der Waals surface area (Å²) in [5, 5.41) is 0. The van der Waals surface area contributed by atoms with Crippen LogP contribution in [-0.4, -0.2) is 18.2 Å². The predicted octanol–water partition coefficient (Wildman–Crippen LogP) is 5.14. The first-order chi connectivity index (χ1) is 13.6. The van der Waals surface area contributed by atoms with Crippen molar-refractivity contribution >= 4 is 12.1 Å². The maximum Gasteiger partial charge on any atom is 0.155 e. The number of hydrogen-bond donors (Lipinski definition) is 0. The van der Waals surface area contributed by atoms with Crippen molar-refractivity contribution in [3.63, 3.8) is 0 Å². The topological polar surface area (TPSA) is 43.4 Å². The Bertz CT molecular complexity index is 812. The third-order valence-corrected chi connectivity index (χ3v) is 8.71. The molecule has 0 amide bonds. The van der Waals surface area contributed by atoms with Crippen molar-refractivity contribution in [3.8, 4) is 5.75 Å². The summed E-state index contributed by atoms with van der Waals surface area (Å²) in [6.45, 7) is 2.43. The van der Waals surface area contributed by atoms with Gasteiger partial charge in [0.05, 0.1) is 5.41 Å². The highest BCUT2D eigenvalue weighted by atomic mass is 16.5. The molecule has 3 heteroatoms. The second kappa shape index (κ2) is 6.57. The smallest absolute Gasteiger partial charge is 0.155 e. The highest BCUT2D eigenvalue weighted by molar-refractivity contribution is 5.93. The zero-order chi connectivity index (χ0) is 19.4. The first-order valence-electron chi connectivity index (χ1n) is 11.0. The summed E-state index contributed by atoms with van der Waals surface area (Å²) < 4.78 is 6.47. The van der Waals surface area contributed by atoms with Crippen LogP contribution in [0.5, 0.6) is 5.75 Å². The minimum absolute atomic E-state index is 0.187. The quantitative estimate of drug-likeness (QED) is 0.684. The number of benzene rings is 1. The van der Waals surface area contributed by atoms with Gasteiger partial charge in [0.1, 0.15) is 18.1 Å². The molecule has 5 rings (SSSR count). The molecule has 4 aliphatic carbocycles. The molecule has 0 radical (unpaired) electrons. The van der Waals surface area contributed by atoms with Gasteiger partial charge >= 0.3 is 0 Å². The molecule has 6 atom stereocenters. The summed E-state index contributed by atoms with van der Waals surface area (Å²) in [5.41, 5.74) is 0.960. The lowest BCUT2D eigenvalue weighted by Gasteiger charge is -2.57. The van der Waals surface area contributed by atoms with E-state index in [0.29, 0.717) is 24.2 Å². The van der Waals surface area contributed by atoms with Gasteiger partial charge in [0.25, 0.3) is 0 Å². The minimum atomic E-state index is -0.365. The molecule has 0 saturated heterocycles. The third kappa shape index (κ3) is 2.54. The van der Waals surface area contributed by atoms with E-state index in [1.165, 1.54) is 12.7 Å². The number of rotatable bonds is 3. The zero-order valence-electron chi connectivity index (χ0n) is 16.7. The van der Waals surface area contributed by atoms with Crippen LogP contribution in [0.25, 0.3) is 0 Å². The molecule has 0 spiro atoms. The average Bonchev–Trinajstić information content (AvgIpc) is 3.05. The van der Waals surface area contributed by atoms with Crippen molar-refractivity contribution in [2.75, 3.05) is 0 Å². The number of ether oxygens (including phenoxy) is 1. The molecular weight excluding hydrogens is 348 g/mol. The van der Waals surface area contributed by atoms with Crippen LogP contribution in [0.15, 0.2) is 42.0 Å². The number of allylic oxidation sites excluding steroid dienone is 1. The summed E-state index contributed by atoms with van der Waals surface area (Å²) in [7, 11) is 0. The molecule has 0 heterocycles.